The van der Waals surface area contributed by atoms with E-state index in [1.165, 1.54) is 16.7 Å². The number of fused-ring (bicyclic) bond motifs is 2. The lowest BCUT2D eigenvalue weighted by Gasteiger charge is -2.31. The molecule has 164 valence electrons. The molecule has 0 bridgehead atoms. The summed E-state index contributed by atoms with van der Waals surface area (Å²) in [7, 11) is -3.24. The molecule has 1 saturated heterocycles. The summed E-state index contributed by atoms with van der Waals surface area (Å²) in [6.07, 6.45) is 3.03. The van der Waals surface area contributed by atoms with Crippen molar-refractivity contribution in [1.29, 1.82) is 0 Å². The van der Waals surface area contributed by atoms with Crippen LogP contribution in [-0.4, -0.2) is 48.9 Å². The Morgan fingerprint density at radius 2 is 1.68 bits per heavy atom. The largest absolute Gasteiger partial charge is 0.388 e. The number of hydrogen-bond donors (Lipinski definition) is 2. The van der Waals surface area contributed by atoms with E-state index in [9.17, 15) is 13.5 Å². The molecule has 0 radical (unpaired) electrons. The van der Waals surface area contributed by atoms with Crippen molar-refractivity contribution in [3.8, 4) is 0 Å². The Hall–Kier alpha value is -1.89. The number of sulfonamides is 1. The van der Waals surface area contributed by atoms with Crippen molar-refractivity contribution in [2.24, 2.45) is 11.8 Å². The number of benzene rings is 2. The van der Waals surface area contributed by atoms with Crippen molar-refractivity contribution in [2.75, 3.05) is 24.4 Å². The molecule has 0 amide bonds. The summed E-state index contributed by atoms with van der Waals surface area (Å²) in [5.74, 6) is 1.13. The van der Waals surface area contributed by atoms with E-state index in [0.717, 1.165) is 45.3 Å². The third-order valence-electron chi connectivity index (χ3n) is 8.21. The van der Waals surface area contributed by atoms with E-state index < -0.39 is 15.6 Å². The fraction of sp³-hybridized carbons (Fsp3) is 0.520. The monoisotopic (exact) mass is 438 g/mol. The average Bonchev–Trinajstić information content (AvgIpc) is 3.57. The predicted molar refractivity (Wildman–Crippen MR) is 122 cm³/mol. The maximum atomic E-state index is 12.3. The number of anilines is 1. The van der Waals surface area contributed by atoms with Gasteiger partial charge in [0.25, 0.3) is 0 Å². The molecule has 2 saturated carbocycles. The van der Waals surface area contributed by atoms with E-state index >= 15 is 0 Å². The summed E-state index contributed by atoms with van der Waals surface area (Å²) in [6.45, 7) is 5.04. The lowest BCUT2D eigenvalue weighted by Crippen LogP contribution is -2.44. The van der Waals surface area contributed by atoms with Gasteiger partial charge in [0.05, 0.1) is 10.9 Å². The zero-order chi connectivity index (χ0) is 21.4. The van der Waals surface area contributed by atoms with Gasteiger partial charge in [-0.15, -0.1) is 0 Å². The van der Waals surface area contributed by atoms with Crippen molar-refractivity contribution in [3.05, 3.63) is 65.2 Å². The first-order chi connectivity index (χ1) is 14.8. The first-order valence-corrected chi connectivity index (χ1v) is 13.0. The summed E-state index contributed by atoms with van der Waals surface area (Å²) in [5, 5.41) is 11.0. The van der Waals surface area contributed by atoms with Gasteiger partial charge in [0.2, 0.25) is 10.0 Å². The fourth-order valence-corrected chi connectivity index (χ4v) is 7.64. The molecule has 2 aromatic rings. The van der Waals surface area contributed by atoms with Crippen LogP contribution < -0.4 is 4.72 Å². The second-order valence-electron chi connectivity index (χ2n) is 10.5. The van der Waals surface area contributed by atoms with Crippen LogP contribution >= 0.6 is 0 Å². The molecule has 1 heterocycles. The molecule has 2 unspecified atom stereocenters. The van der Waals surface area contributed by atoms with Gasteiger partial charge in [-0.25, -0.2) is 8.42 Å². The summed E-state index contributed by atoms with van der Waals surface area (Å²) in [4.78, 5) is 2.43. The van der Waals surface area contributed by atoms with Crippen LogP contribution in [0.25, 0.3) is 0 Å². The van der Waals surface area contributed by atoms with E-state index in [0.29, 0.717) is 17.5 Å². The smallest absolute Gasteiger partial charge is 0.235 e. The van der Waals surface area contributed by atoms with Gasteiger partial charge in [-0.05, 0) is 53.5 Å². The molecule has 31 heavy (non-hydrogen) atoms. The number of likely N-dealkylation sites (tertiary alicyclic amines) is 1. The highest BCUT2D eigenvalue weighted by Gasteiger charge is 2.66. The van der Waals surface area contributed by atoms with E-state index in [-0.39, 0.29) is 10.7 Å². The number of β-amino-alcohol motifs (C(OH)–C–C–N with tert-alkyl or cyclic N) is 1. The average molecular weight is 439 g/mol. The Labute approximate surface area is 184 Å². The Morgan fingerprint density at radius 1 is 1.03 bits per heavy atom. The van der Waals surface area contributed by atoms with Crippen molar-refractivity contribution < 1.29 is 13.5 Å². The van der Waals surface area contributed by atoms with Crippen LogP contribution in [0.4, 0.5) is 5.69 Å². The molecule has 6 heteroatoms. The van der Waals surface area contributed by atoms with E-state index in [4.69, 9.17) is 0 Å². The van der Waals surface area contributed by atoms with Crippen molar-refractivity contribution >= 4 is 15.7 Å². The van der Waals surface area contributed by atoms with E-state index in [2.05, 4.69) is 46.9 Å². The van der Waals surface area contributed by atoms with Gasteiger partial charge in [-0.2, -0.15) is 0 Å². The van der Waals surface area contributed by atoms with Crippen LogP contribution in [0.5, 0.6) is 0 Å². The Balaban J connectivity index is 1.12. The molecule has 2 aromatic carbocycles. The van der Waals surface area contributed by atoms with Gasteiger partial charge in [-0.1, -0.05) is 43.3 Å². The number of nitrogens with zero attached hydrogens (tertiary/aromatic N) is 1. The summed E-state index contributed by atoms with van der Waals surface area (Å²) in [6, 6.07) is 16.4. The number of nitrogens with one attached hydrogen (secondary N) is 1. The lowest BCUT2D eigenvalue weighted by molar-refractivity contribution is 0.0142. The minimum atomic E-state index is -3.24. The molecule has 5 nitrogen and oxygen atoms in total. The zero-order valence-electron chi connectivity index (χ0n) is 17.9. The van der Waals surface area contributed by atoms with Crippen LogP contribution in [0.15, 0.2) is 48.5 Å². The first kappa shape index (κ1) is 19.8. The Morgan fingerprint density at radius 3 is 2.29 bits per heavy atom. The number of hydrogen-bond acceptors (Lipinski definition) is 4. The van der Waals surface area contributed by atoms with E-state index in [1.54, 1.807) is 0 Å². The summed E-state index contributed by atoms with van der Waals surface area (Å²) < 4.78 is 27.4. The molecule has 0 aromatic heterocycles. The predicted octanol–water partition coefficient (Wildman–Crippen LogP) is 2.94. The third-order valence-corrected chi connectivity index (χ3v) is 10.1. The van der Waals surface area contributed by atoms with Crippen molar-refractivity contribution in [2.45, 2.75) is 48.9 Å². The second kappa shape index (κ2) is 6.56. The molecule has 3 fully saturated rings. The fourth-order valence-electron chi connectivity index (χ4n) is 6.27. The molecule has 1 aliphatic heterocycles. The van der Waals surface area contributed by atoms with Crippen LogP contribution in [0.3, 0.4) is 0 Å². The number of piperidine rings is 1. The van der Waals surface area contributed by atoms with Crippen LogP contribution in [0, 0.1) is 11.8 Å². The molecular formula is C25H30N2O3S. The molecule has 2 atom stereocenters. The second-order valence-corrected chi connectivity index (χ2v) is 12.4. The van der Waals surface area contributed by atoms with Gasteiger partial charge in [0.15, 0.2) is 0 Å². The number of aliphatic hydroxyl groups is 1. The molecule has 4 aliphatic rings. The minimum absolute atomic E-state index is 0.0960. The first-order valence-electron chi connectivity index (χ1n) is 11.4. The quantitative estimate of drug-likeness (QED) is 0.728. The topological polar surface area (TPSA) is 69.6 Å². The highest BCUT2D eigenvalue weighted by atomic mass is 32.2. The summed E-state index contributed by atoms with van der Waals surface area (Å²) >= 11 is 0. The van der Waals surface area contributed by atoms with Gasteiger partial charge < -0.3 is 5.11 Å². The van der Waals surface area contributed by atoms with Crippen molar-refractivity contribution in [3.63, 3.8) is 0 Å². The molecule has 6 rings (SSSR count). The van der Waals surface area contributed by atoms with Crippen LogP contribution in [-0.2, 0) is 28.3 Å². The highest BCUT2D eigenvalue weighted by molar-refractivity contribution is 7.93. The third kappa shape index (κ3) is 3.31. The van der Waals surface area contributed by atoms with Crippen LogP contribution in [0.2, 0.25) is 0 Å². The Kier molecular flexibility index (Phi) is 4.18. The lowest BCUT2D eigenvalue weighted by atomic mass is 9.91. The van der Waals surface area contributed by atoms with Crippen LogP contribution in [0.1, 0.15) is 36.5 Å². The van der Waals surface area contributed by atoms with Gasteiger partial charge in [-0.3, -0.25) is 9.62 Å². The maximum Gasteiger partial charge on any atom is 0.235 e. The highest BCUT2D eigenvalue weighted by Crippen LogP contribution is 2.63. The van der Waals surface area contributed by atoms with Gasteiger partial charge in [0, 0.05) is 43.6 Å². The SMILES string of the molecule is CC1(c2cccc(NS(=O)(=O)C3CC3)c2)C2CN(CC3(O)Cc4ccccc4C3)CC21. The molecule has 3 aliphatic carbocycles. The van der Waals surface area contributed by atoms with E-state index in [1.807, 2.05) is 18.2 Å². The minimum Gasteiger partial charge on any atom is -0.388 e. The maximum absolute atomic E-state index is 12.3. The normalized spacial score (nSPS) is 31.3. The standard InChI is InChI=1S/C25H30N2O3S/c1-24(19-7-4-8-20(11-19)26-31(29,30)21-9-10-21)22-14-27(15-23(22)24)16-25(28)12-17-5-2-3-6-18(17)13-25/h2-8,11,21-23,26,28H,9-10,12-16H2,1H3. The zero-order valence-corrected chi connectivity index (χ0v) is 18.7. The molecule has 2 N–H and O–H groups in total. The Bertz CT molecular complexity index is 1100. The van der Waals surface area contributed by atoms with Crippen molar-refractivity contribution in [1.82, 2.24) is 4.90 Å². The molecular weight excluding hydrogens is 408 g/mol. The summed E-state index contributed by atoms with van der Waals surface area (Å²) in [5.41, 5.74) is 3.92. The van der Waals surface area contributed by atoms with Gasteiger partial charge >= 0.3 is 0 Å². The molecule has 0 spiro atoms. The van der Waals surface area contributed by atoms with Gasteiger partial charge in [0.1, 0.15) is 0 Å². The number of rotatable bonds is 6.